The first kappa shape index (κ1) is 12.5. The lowest BCUT2D eigenvalue weighted by molar-refractivity contribution is -0.0262. The van der Waals surface area contributed by atoms with Gasteiger partial charge in [-0.2, -0.15) is 0 Å². The number of aromatic nitrogens is 1. The van der Waals surface area contributed by atoms with E-state index in [4.69, 9.17) is 0 Å². The number of nitrogens with zero attached hydrogens (tertiary/aromatic N) is 2. The molecular formula is C13H19FN2O. The first-order chi connectivity index (χ1) is 8.14. The van der Waals surface area contributed by atoms with Crippen LogP contribution >= 0.6 is 0 Å². The number of piperidine rings is 1. The quantitative estimate of drug-likeness (QED) is 0.874. The Labute approximate surface area is 101 Å². The Morgan fingerprint density at radius 2 is 2.12 bits per heavy atom. The highest BCUT2D eigenvalue weighted by atomic mass is 19.1. The van der Waals surface area contributed by atoms with Gasteiger partial charge in [-0.05, 0) is 31.9 Å². The Morgan fingerprint density at radius 1 is 1.41 bits per heavy atom. The van der Waals surface area contributed by atoms with E-state index in [0.29, 0.717) is 18.4 Å². The van der Waals surface area contributed by atoms with Gasteiger partial charge in [0.05, 0.1) is 11.8 Å². The topological polar surface area (TPSA) is 36.4 Å². The zero-order valence-corrected chi connectivity index (χ0v) is 10.2. The van der Waals surface area contributed by atoms with E-state index in [-0.39, 0.29) is 5.82 Å². The molecule has 1 aromatic heterocycles. The molecule has 3 nitrogen and oxygen atoms in total. The summed E-state index contributed by atoms with van der Waals surface area (Å²) in [7, 11) is 0. The van der Waals surface area contributed by atoms with Crippen molar-refractivity contribution in [3.8, 4) is 0 Å². The van der Waals surface area contributed by atoms with Crippen LogP contribution in [-0.4, -0.2) is 34.6 Å². The van der Waals surface area contributed by atoms with E-state index >= 15 is 0 Å². The third kappa shape index (κ3) is 2.82. The number of halogens is 1. The van der Waals surface area contributed by atoms with Crippen molar-refractivity contribution < 1.29 is 9.50 Å². The summed E-state index contributed by atoms with van der Waals surface area (Å²) in [6, 6.07) is 1.39. The molecule has 0 spiro atoms. The van der Waals surface area contributed by atoms with Crippen LogP contribution in [0.3, 0.4) is 0 Å². The summed E-state index contributed by atoms with van der Waals surface area (Å²) in [6.45, 7) is 4.94. The van der Waals surface area contributed by atoms with Gasteiger partial charge in [0.2, 0.25) is 0 Å². The predicted molar refractivity (Wildman–Crippen MR) is 64.1 cm³/mol. The lowest BCUT2D eigenvalue weighted by Crippen LogP contribution is -2.42. The molecule has 0 amide bonds. The number of rotatable bonds is 3. The van der Waals surface area contributed by atoms with Gasteiger partial charge in [0, 0.05) is 24.8 Å². The maximum Gasteiger partial charge on any atom is 0.141 e. The van der Waals surface area contributed by atoms with Crippen LogP contribution in [0.1, 0.15) is 31.7 Å². The van der Waals surface area contributed by atoms with E-state index in [0.717, 1.165) is 26.1 Å². The smallest absolute Gasteiger partial charge is 0.141 e. The predicted octanol–water partition coefficient (Wildman–Crippen LogP) is 1.91. The molecule has 2 heterocycles. The fourth-order valence-corrected chi connectivity index (χ4v) is 2.42. The first-order valence-electron chi connectivity index (χ1n) is 6.20. The van der Waals surface area contributed by atoms with E-state index in [1.165, 1.54) is 12.3 Å². The Morgan fingerprint density at radius 3 is 2.71 bits per heavy atom. The van der Waals surface area contributed by atoms with Crippen molar-refractivity contribution in [3.63, 3.8) is 0 Å². The van der Waals surface area contributed by atoms with Crippen LogP contribution in [0.25, 0.3) is 0 Å². The molecule has 0 bridgehead atoms. The standard InChI is InChI=1S/C13H19FN2O/c1-2-5-16-6-3-13(17,4-7-16)11-8-12(14)10-15-9-11/h8-10,17H,2-7H2,1H3. The van der Waals surface area contributed by atoms with Crippen molar-refractivity contribution in [2.45, 2.75) is 31.8 Å². The molecule has 0 aromatic carbocycles. The van der Waals surface area contributed by atoms with Gasteiger partial charge < -0.3 is 10.0 Å². The van der Waals surface area contributed by atoms with Crippen molar-refractivity contribution >= 4 is 0 Å². The van der Waals surface area contributed by atoms with Crippen molar-refractivity contribution in [2.24, 2.45) is 0 Å². The molecule has 0 saturated carbocycles. The second-order valence-electron chi connectivity index (χ2n) is 4.77. The van der Waals surface area contributed by atoms with Crippen molar-refractivity contribution in [3.05, 3.63) is 29.8 Å². The molecule has 1 fully saturated rings. The van der Waals surface area contributed by atoms with E-state index < -0.39 is 5.60 Å². The van der Waals surface area contributed by atoms with Crippen LogP contribution in [0.2, 0.25) is 0 Å². The van der Waals surface area contributed by atoms with Gasteiger partial charge in [-0.3, -0.25) is 4.98 Å². The summed E-state index contributed by atoms with van der Waals surface area (Å²) in [6.07, 6.45) is 5.16. The molecule has 2 rings (SSSR count). The van der Waals surface area contributed by atoms with Gasteiger partial charge in [0.15, 0.2) is 0 Å². The summed E-state index contributed by atoms with van der Waals surface area (Å²) >= 11 is 0. The number of pyridine rings is 1. The summed E-state index contributed by atoms with van der Waals surface area (Å²) < 4.78 is 13.1. The highest BCUT2D eigenvalue weighted by Gasteiger charge is 2.34. The third-order valence-electron chi connectivity index (χ3n) is 3.47. The Bertz CT molecular complexity index is 375. The van der Waals surface area contributed by atoms with Crippen LogP contribution in [0, 0.1) is 5.82 Å². The number of hydrogen-bond acceptors (Lipinski definition) is 3. The van der Waals surface area contributed by atoms with Crippen molar-refractivity contribution in [1.29, 1.82) is 0 Å². The molecule has 4 heteroatoms. The van der Waals surface area contributed by atoms with Crippen LogP contribution in [-0.2, 0) is 5.60 Å². The van der Waals surface area contributed by atoms with Crippen LogP contribution < -0.4 is 0 Å². The Kier molecular flexibility index (Phi) is 3.74. The second-order valence-corrected chi connectivity index (χ2v) is 4.77. The van der Waals surface area contributed by atoms with Crippen molar-refractivity contribution in [1.82, 2.24) is 9.88 Å². The van der Waals surface area contributed by atoms with Crippen molar-refractivity contribution in [2.75, 3.05) is 19.6 Å². The van der Waals surface area contributed by atoms with Gasteiger partial charge in [0.25, 0.3) is 0 Å². The van der Waals surface area contributed by atoms with Crippen LogP contribution in [0.15, 0.2) is 18.5 Å². The van der Waals surface area contributed by atoms with Gasteiger partial charge in [0.1, 0.15) is 5.82 Å². The maximum atomic E-state index is 13.1. The zero-order chi connectivity index (χ0) is 12.3. The second kappa shape index (κ2) is 5.10. The fourth-order valence-electron chi connectivity index (χ4n) is 2.42. The van der Waals surface area contributed by atoms with Gasteiger partial charge in [-0.15, -0.1) is 0 Å². The van der Waals surface area contributed by atoms with E-state index in [9.17, 15) is 9.50 Å². The van der Waals surface area contributed by atoms with E-state index in [2.05, 4.69) is 16.8 Å². The monoisotopic (exact) mass is 238 g/mol. The molecule has 0 radical (unpaired) electrons. The van der Waals surface area contributed by atoms with E-state index in [1.807, 2.05) is 0 Å². The molecule has 0 aliphatic carbocycles. The normalized spacial score (nSPS) is 20.4. The fraction of sp³-hybridized carbons (Fsp3) is 0.615. The maximum absolute atomic E-state index is 13.1. The van der Waals surface area contributed by atoms with Gasteiger partial charge in [-0.25, -0.2) is 4.39 Å². The minimum atomic E-state index is -0.903. The molecule has 0 atom stereocenters. The lowest BCUT2D eigenvalue weighted by atomic mass is 9.85. The Hall–Kier alpha value is -1.00. The van der Waals surface area contributed by atoms with E-state index in [1.54, 1.807) is 6.20 Å². The highest BCUT2D eigenvalue weighted by Crippen LogP contribution is 2.32. The first-order valence-corrected chi connectivity index (χ1v) is 6.20. The van der Waals surface area contributed by atoms with Gasteiger partial charge >= 0.3 is 0 Å². The van der Waals surface area contributed by atoms with Crippen LogP contribution in [0.5, 0.6) is 0 Å². The molecular weight excluding hydrogens is 219 g/mol. The number of hydrogen-bond donors (Lipinski definition) is 1. The molecule has 0 unspecified atom stereocenters. The summed E-state index contributed by atoms with van der Waals surface area (Å²) in [4.78, 5) is 6.15. The number of likely N-dealkylation sites (tertiary alicyclic amines) is 1. The summed E-state index contributed by atoms with van der Waals surface area (Å²) in [5.41, 5.74) is -0.298. The Balaban J connectivity index is 2.06. The molecule has 1 saturated heterocycles. The average molecular weight is 238 g/mol. The lowest BCUT2D eigenvalue weighted by Gasteiger charge is -2.38. The van der Waals surface area contributed by atoms with Crippen LogP contribution in [0.4, 0.5) is 4.39 Å². The minimum absolute atomic E-state index is 0.382. The largest absolute Gasteiger partial charge is 0.385 e. The highest BCUT2D eigenvalue weighted by molar-refractivity contribution is 5.19. The molecule has 17 heavy (non-hydrogen) atoms. The molecule has 1 aromatic rings. The zero-order valence-electron chi connectivity index (χ0n) is 10.2. The minimum Gasteiger partial charge on any atom is -0.385 e. The summed E-state index contributed by atoms with van der Waals surface area (Å²) in [5.74, 6) is -0.382. The van der Waals surface area contributed by atoms with Gasteiger partial charge in [-0.1, -0.05) is 6.92 Å². The number of aliphatic hydroxyl groups is 1. The SMILES string of the molecule is CCCN1CCC(O)(c2cncc(F)c2)CC1. The molecule has 1 N–H and O–H groups in total. The molecule has 1 aliphatic rings. The summed E-state index contributed by atoms with van der Waals surface area (Å²) in [5, 5.41) is 10.5. The third-order valence-corrected chi connectivity index (χ3v) is 3.47. The molecule has 1 aliphatic heterocycles. The molecule has 94 valence electrons. The average Bonchev–Trinajstić information content (AvgIpc) is 2.33.